The Labute approximate surface area is 228 Å². The van der Waals surface area contributed by atoms with Gasteiger partial charge in [0.25, 0.3) is 0 Å². The zero-order chi connectivity index (χ0) is 27.1. The van der Waals surface area contributed by atoms with Gasteiger partial charge in [0.2, 0.25) is 0 Å². The molecule has 8 nitrogen and oxygen atoms in total. The van der Waals surface area contributed by atoms with Crippen molar-refractivity contribution in [2.75, 3.05) is 5.75 Å². The number of nitrogens with zero attached hydrogens (tertiary/aromatic N) is 8. The minimum atomic E-state index is -0.0308. The molecule has 2 heterocycles. The highest BCUT2D eigenvalue weighted by molar-refractivity contribution is 7.80. The first-order chi connectivity index (χ1) is 19.1. The van der Waals surface area contributed by atoms with Crippen molar-refractivity contribution in [2.45, 2.75) is 32.1 Å². The van der Waals surface area contributed by atoms with Crippen molar-refractivity contribution in [2.24, 2.45) is 0 Å². The van der Waals surface area contributed by atoms with Gasteiger partial charge in [0.1, 0.15) is 24.3 Å². The summed E-state index contributed by atoms with van der Waals surface area (Å²) in [7, 11) is 0. The number of fused-ring (bicyclic) bond motifs is 6. The molecule has 0 aliphatic rings. The zero-order valence-electron chi connectivity index (χ0n) is 20.7. The SMILES string of the molecule is N#Cc1nc2c3cccc4c5nc(C#N)c(C#N)nc5c5c(CCCCCCS)ccc(c2nc1C#N)c5c34. The molecule has 0 aliphatic carbocycles. The summed E-state index contributed by atoms with van der Waals surface area (Å²) in [5, 5.41) is 43.7. The highest BCUT2D eigenvalue weighted by atomic mass is 32.1. The maximum atomic E-state index is 9.75. The van der Waals surface area contributed by atoms with Gasteiger partial charge in [0.15, 0.2) is 22.8 Å². The van der Waals surface area contributed by atoms with Crippen molar-refractivity contribution in [3.63, 3.8) is 0 Å². The molecule has 2 aromatic heterocycles. The highest BCUT2D eigenvalue weighted by Crippen LogP contribution is 2.44. The number of aryl methyl sites for hydroxylation is 1. The number of hydrogen-bond donors (Lipinski definition) is 1. The van der Waals surface area contributed by atoms with E-state index in [2.05, 4.69) is 32.6 Å². The summed E-state index contributed by atoms with van der Waals surface area (Å²) in [6.07, 6.45) is 4.99. The lowest BCUT2D eigenvalue weighted by Gasteiger charge is -2.18. The van der Waals surface area contributed by atoms with Gasteiger partial charge in [-0.1, -0.05) is 43.2 Å². The third-order valence-corrected chi connectivity index (χ3v) is 7.49. The van der Waals surface area contributed by atoms with Gasteiger partial charge in [0.05, 0.1) is 22.1 Å². The Morgan fingerprint density at radius 2 is 1.03 bits per heavy atom. The molecule has 0 spiro atoms. The van der Waals surface area contributed by atoms with E-state index in [9.17, 15) is 21.0 Å². The number of thiol groups is 1. The van der Waals surface area contributed by atoms with E-state index in [0.29, 0.717) is 22.1 Å². The van der Waals surface area contributed by atoms with Crippen LogP contribution in [0.4, 0.5) is 0 Å². The number of aromatic nitrogens is 4. The maximum Gasteiger partial charge on any atom is 0.177 e. The second-order valence-corrected chi connectivity index (χ2v) is 9.77. The number of benzene rings is 4. The van der Waals surface area contributed by atoms with E-state index in [1.54, 1.807) is 0 Å². The summed E-state index contributed by atoms with van der Waals surface area (Å²) in [4.78, 5) is 18.5. The van der Waals surface area contributed by atoms with E-state index in [4.69, 9.17) is 0 Å². The lowest BCUT2D eigenvalue weighted by Crippen LogP contribution is -2.02. The molecular formula is C30H18N8S. The van der Waals surface area contributed by atoms with Crippen LogP contribution in [0.1, 0.15) is 54.0 Å². The van der Waals surface area contributed by atoms with Gasteiger partial charge >= 0.3 is 0 Å². The summed E-state index contributed by atoms with van der Waals surface area (Å²) < 4.78 is 0. The average Bonchev–Trinajstić information content (AvgIpc) is 2.99. The third-order valence-electron chi connectivity index (χ3n) is 7.18. The number of rotatable bonds is 6. The average molecular weight is 523 g/mol. The Bertz CT molecular complexity index is 2130. The maximum absolute atomic E-state index is 9.75. The van der Waals surface area contributed by atoms with Gasteiger partial charge in [-0.3, -0.25) is 0 Å². The summed E-state index contributed by atoms with van der Waals surface area (Å²) in [5.41, 5.74) is 3.10. The normalized spacial score (nSPS) is 11.2. The second-order valence-electron chi connectivity index (χ2n) is 9.32. The van der Waals surface area contributed by atoms with Gasteiger partial charge in [-0.15, -0.1) is 0 Å². The molecule has 0 bridgehead atoms. The molecule has 39 heavy (non-hydrogen) atoms. The van der Waals surface area contributed by atoms with Crippen LogP contribution in [0, 0.1) is 45.3 Å². The Morgan fingerprint density at radius 3 is 1.56 bits per heavy atom. The monoisotopic (exact) mass is 522 g/mol. The lowest BCUT2D eigenvalue weighted by molar-refractivity contribution is 0.672. The van der Waals surface area contributed by atoms with Crippen LogP contribution in [0.15, 0.2) is 30.3 Å². The first-order valence-electron chi connectivity index (χ1n) is 12.5. The molecule has 0 N–H and O–H groups in total. The largest absolute Gasteiger partial charge is 0.232 e. The van der Waals surface area contributed by atoms with E-state index in [1.165, 1.54) is 0 Å². The van der Waals surface area contributed by atoms with Crippen LogP contribution in [0.2, 0.25) is 0 Å². The summed E-state index contributed by atoms with van der Waals surface area (Å²) in [6.45, 7) is 0. The van der Waals surface area contributed by atoms with Gasteiger partial charge in [-0.05, 0) is 30.6 Å². The number of unbranched alkanes of at least 4 members (excludes halogenated alkanes) is 3. The number of nitriles is 4. The van der Waals surface area contributed by atoms with Gasteiger partial charge in [-0.25, -0.2) is 19.9 Å². The van der Waals surface area contributed by atoms with Crippen LogP contribution in [0.25, 0.3) is 54.4 Å². The molecule has 6 aromatic rings. The molecule has 6 rings (SSSR count). The summed E-state index contributed by atoms with van der Waals surface area (Å²) in [6, 6.07) is 17.8. The Kier molecular flexibility index (Phi) is 6.01. The quantitative estimate of drug-likeness (QED) is 0.121. The van der Waals surface area contributed by atoms with E-state index in [0.717, 1.165) is 75.7 Å². The Morgan fingerprint density at radius 1 is 0.538 bits per heavy atom. The molecule has 0 saturated heterocycles. The van der Waals surface area contributed by atoms with Gasteiger partial charge in [-0.2, -0.15) is 33.7 Å². The van der Waals surface area contributed by atoms with E-state index in [-0.39, 0.29) is 22.8 Å². The predicted octanol–water partition coefficient (Wildman–Crippen LogP) is 5.99. The van der Waals surface area contributed by atoms with Crippen LogP contribution in [-0.4, -0.2) is 25.7 Å². The number of hydrogen-bond acceptors (Lipinski definition) is 9. The molecule has 0 fully saturated rings. The first kappa shape index (κ1) is 24.3. The molecule has 0 aliphatic heterocycles. The summed E-state index contributed by atoms with van der Waals surface area (Å²) in [5.74, 6) is 0.865. The van der Waals surface area contributed by atoms with Crippen molar-refractivity contribution in [1.29, 1.82) is 21.0 Å². The molecule has 0 unspecified atom stereocenters. The Hall–Kier alpha value is -5.09. The van der Waals surface area contributed by atoms with Crippen LogP contribution in [-0.2, 0) is 6.42 Å². The fraction of sp³-hybridized carbons (Fsp3) is 0.200. The van der Waals surface area contributed by atoms with Crippen LogP contribution in [0.5, 0.6) is 0 Å². The zero-order valence-corrected chi connectivity index (χ0v) is 21.5. The lowest BCUT2D eigenvalue weighted by atomic mass is 9.87. The van der Waals surface area contributed by atoms with Crippen molar-refractivity contribution in [3.8, 4) is 24.3 Å². The van der Waals surface area contributed by atoms with Crippen LogP contribution in [0.3, 0.4) is 0 Å². The van der Waals surface area contributed by atoms with Crippen molar-refractivity contribution in [3.05, 3.63) is 58.7 Å². The predicted molar refractivity (Wildman–Crippen MR) is 151 cm³/mol. The molecule has 0 saturated carbocycles. The molecule has 184 valence electrons. The molecule has 0 radical (unpaired) electrons. The van der Waals surface area contributed by atoms with E-state index >= 15 is 0 Å². The van der Waals surface area contributed by atoms with Crippen molar-refractivity contribution in [1.82, 2.24) is 19.9 Å². The molecule has 0 atom stereocenters. The molecular weight excluding hydrogens is 504 g/mol. The standard InChI is InChI=1S/C30H18N8S/c31-12-20-21(13-32)36-28-19-10-9-16(6-3-1-2-4-11-39)24-26(19)25-17(27(28)35-20)7-5-8-18(25)29-30(24)38-23(15-34)22(14-33)37-29/h5,7-10,39H,1-4,6,11H2. The van der Waals surface area contributed by atoms with Gasteiger partial charge in [0, 0.05) is 32.3 Å². The minimum absolute atomic E-state index is 0.0189. The highest BCUT2D eigenvalue weighted by Gasteiger charge is 2.24. The fourth-order valence-corrected chi connectivity index (χ4v) is 5.72. The van der Waals surface area contributed by atoms with E-state index < -0.39 is 0 Å². The Balaban J connectivity index is 1.82. The van der Waals surface area contributed by atoms with Crippen molar-refractivity contribution < 1.29 is 0 Å². The van der Waals surface area contributed by atoms with Crippen LogP contribution < -0.4 is 0 Å². The smallest absolute Gasteiger partial charge is 0.177 e. The topological polar surface area (TPSA) is 147 Å². The van der Waals surface area contributed by atoms with Crippen molar-refractivity contribution >= 4 is 67.0 Å². The summed E-state index contributed by atoms with van der Waals surface area (Å²) >= 11 is 4.31. The van der Waals surface area contributed by atoms with E-state index in [1.807, 2.05) is 54.6 Å². The van der Waals surface area contributed by atoms with Crippen LogP contribution >= 0.6 is 12.6 Å². The second kappa shape index (κ2) is 9.66. The molecule has 9 heteroatoms. The molecule has 0 amide bonds. The molecule has 4 aromatic carbocycles. The fourth-order valence-electron chi connectivity index (χ4n) is 5.50. The third kappa shape index (κ3) is 3.64. The minimum Gasteiger partial charge on any atom is -0.232 e. The van der Waals surface area contributed by atoms with Gasteiger partial charge < -0.3 is 0 Å². The first-order valence-corrected chi connectivity index (χ1v) is 13.1.